The predicted octanol–water partition coefficient (Wildman–Crippen LogP) is 2.01. The van der Waals surface area contributed by atoms with Gasteiger partial charge in [0.1, 0.15) is 12.4 Å². The molecule has 1 N–H and O–H groups in total. The van der Waals surface area contributed by atoms with E-state index in [9.17, 15) is 4.79 Å². The second-order valence-corrected chi connectivity index (χ2v) is 4.18. The second-order valence-electron chi connectivity index (χ2n) is 4.18. The van der Waals surface area contributed by atoms with Gasteiger partial charge in [-0.05, 0) is 24.3 Å². The Morgan fingerprint density at radius 3 is 3.05 bits per heavy atom. The van der Waals surface area contributed by atoms with Crippen LogP contribution in [0.25, 0.3) is 5.78 Å². The van der Waals surface area contributed by atoms with Gasteiger partial charge in [-0.25, -0.2) is 14.8 Å². The third-order valence-corrected chi connectivity index (χ3v) is 2.75. The highest BCUT2D eigenvalue weighted by atomic mass is 16.5. The van der Waals surface area contributed by atoms with E-state index >= 15 is 0 Å². The van der Waals surface area contributed by atoms with Crippen molar-refractivity contribution in [3.8, 4) is 5.75 Å². The zero-order valence-electron chi connectivity index (χ0n) is 10.4. The molecule has 0 bridgehead atoms. The molecule has 0 amide bonds. The van der Waals surface area contributed by atoms with Crippen LogP contribution in [0.5, 0.6) is 5.75 Å². The number of fused-ring (bicyclic) bond motifs is 1. The molecule has 0 atom stereocenters. The van der Waals surface area contributed by atoms with Crippen LogP contribution in [0.2, 0.25) is 0 Å². The predicted molar refractivity (Wildman–Crippen MR) is 70.7 cm³/mol. The maximum Gasteiger partial charge on any atom is 0.335 e. The minimum Gasteiger partial charge on any atom is -0.487 e. The number of carboxylic acids is 1. The molecule has 0 aliphatic rings. The zero-order chi connectivity index (χ0) is 13.9. The quantitative estimate of drug-likeness (QED) is 0.784. The highest BCUT2D eigenvalue weighted by molar-refractivity contribution is 5.87. The van der Waals surface area contributed by atoms with Crippen LogP contribution < -0.4 is 4.74 Å². The fraction of sp³-hybridized carbons (Fsp3) is 0.0714. The van der Waals surface area contributed by atoms with Gasteiger partial charge in [0.25, 0.3) is 0 Å². The number of carbonyl (C=O) groups is 1. The molecule has 0 saturated carbocycles. The van der Waals surface area contributed by atoms with Gasteiger partial charge in [0.05, 0.1) is 11.3 Å². The molecular weight excluding hydrogens is 258 g/mol. The highest BCUT2D eigenvalue weighted by Crippen LogP contribution is 2.15. The lowest BCUT2D eigenvalue weighted by atomic mass is 10.2. The summed E-state index contributed by atoms with van der Waals surface area (Å²) in [6.45, 7) is 0.256. The third-order valence-electron chi connectivity index (χ3n) is 2.75. The van der Waals surface area contributed by atoms with Gasteiger partial charge in [-0.15, -0.1) is 0 Å². The summed E-state index contributed by atoms with van der Waals surface area (Å²) in [5, 5.41) is 8.91. The first-order valence-electron chi connectivity index (χ1n) is 5.97. The van der Waals surface area contributed by atoms with Gasteiger partial charge in [0, 0.05) is 18.6 Å². The SMILES string of the molecule is O=C(O)c1cccc(OCc2cn3cccnc3n2)c1. The lowest BCUT2D eigenvalue weighted by Gasteiger charge is -2.04. The van der Waals surface area contributed by atoms with Crippen LogP contribution in [0.1, 0.15) is 16.1 Å². The number of hydrogen-bond donors (Lipinski definition) is 1. The van der Waals surface area contributed by atoms with Crippen molar-refractivity contribution in [3.63, 3.8) is 0 Å². The van der Waals surface area contributed by atoms with Crippen LogP contribution in [-0.4, -0.2) is 25.4 Å². The maximum atomic E-state index is 10.9. The number of rotatable bonds is 4. The minimum absolute atomic E-state index is 0.194. The number of aromatic carboxylic acids is 1. The second kappa shape index (κ2) is 5.00. The largest absolute Gasteiger partial charge is 0.487 e. The standard InChI is InChI=1S/C14H11N3O3/c18-13(19)10-3-1-4-12(7-10)20-9-11-8-17-6-2-5-15-14(17)16-11/h1-8H,9H2,(H,18,19). The van der Waals surface area contributed by atoms with Crippen molar-refractivity contribution in [2.24, 2.45) is 0 Å². The Labute approximate surface area is 114 Å². The first-order valence-corrected chi connectivity index (χ1v) is 5.97. The highest BCUT2D eigenvalue weighted by Gasteiger charge is 2.06. The Morgan fingerprint density at radius 1 is 1.35 bits per heavy atom. The van der Waals surface area contributed by atoms with E-state index in [2.05, 4.69) is 9.97 Å². The van der Waals surface area contributed by atoms with Gasteiger partial charge in [0.15, 0.2) is 0 Å². The van der Waals surface area contributed by atoms with Crippen LogP contribution in [-0.2, 0) is 6.61 Å². The summed E-state index contributed by atoms with van der Waals surface area (Å²) in [6.07, 6.45) is 5.34. The van der Waals surface area contributed by atoms with Crippen LogP contribution in [0, 0.1) is 0 Å². The van der Waals surface area contributed by atoms with Crippen LogP contribution in [0.3, 0.4) is 0 Å². The summed E-state index contributed by atoms with van der Waals surface area (Å²) in [5.41, 5.74) is 0.920. The molecule has 3 aromatic rings. The smallest absolute Gasteiger partial charge is 0.335 e. The molecule has 6 heteroatoms. The third kappa shape index (κ3) is 2.44. The first kappa shape index (κ1) is 12.2. The van der Waals surface area contributed by atoms with E-state index in [0.717, 1.165) is 5.69 Å². The lowest BCUT2D eigenvalue weighted by Crippen LogP contribution is -1.99. The maximum absolute atomic E-state index is 10.9. The topological polar surface area (TPSA) is 76.7 Å². The molecule has 2 aromatic heterocycles. The van der Waals surface area contributed by atoms with Crippen LogP contribution >= 0.6 is 0 Å². The fourth-order valence-corrected chi connectivity index (χ4v) is 1.83. The minimum atomic E-state index is -0.979. The van der Waals surface area contributed by atoms with E-state index in [0.29, 0.717) is 11.5 Å². The fourth-order valence-electron chi connectivity index (χ4n) is 1.83. The van der Waals surface area contributed by atoms with Gasteiger partial charge in [-0.1, -0.05) is 6.07 Å². The normalized spacial score (nSPS) is 10.6. The lowest BCUT2D eigenvalue weighted by molar-refractivity contribution is 0.0696. The summed E-state index contributed by atoms with van der Waals surface area (Å²) < 4.78 is 7.34. The van der Waals surface area contributed by atoms with Gasteiger partial charge in [-0.3, -0.25) is 4.40 Å². The number of ether oxygens (including phenoxy) is 1. The summed E-state index contributed by atoms with van der Waals surface area (Å²) in [4.78, 5) is 19.3. The van der Waals surface area contributed by atoms with Crippen molar-refractivity contribution in [2.75, 3.05) is 0 Å². The van der Waals surface area contributed by atoms with E-state index in [1.165, 1.54) is 12.1 Å². The van der Waals surface area contributed by atoms with Crippen molar-refractivity contribution >= 4 is 11.7 Å². The summed E-state index contributed by atoms with van der Waals surface area (Å²) in [7, 11) is 0. The Morgan fingerprint density at radius 2 is 2.25 bits per heavy atom. The average molecular weight is 269 g/mol. The van der Waals surface area contributed by atoms with Gasteiger partial charge < -0.3 is 9.84 Å². The molecule has 3 rings (SSSR count). The van der Waals surface area contributed by atoms with Crippen LogP contribution in [0.4, 0.5) is 0 Å². The summed E-state index contributed by atoms with van der Waals surface area (Å²) in [6, 6.07) is 8.17. The molecule has 0 radical (unpaired) electrons. The van der Waals surface area contributed by atoms with Crippen LogP contribution in [0.15, 0.2) is 48.9 Å². The Balaban J connectivity index is 1.75. The number of aromatic nitrogens is 3. The molecule has 0 aliphatic heterocycles. The molecule has 0 unspecified atom stereocenters. The average Bonchev–Trinajstić information content (AvgIpc) is 2.88. The van der Waals surface area contributed by atoms with Gasteiger partial charge in [0.2, 0.25) is 5.78 Å². The Hall–Kier alpha value is -2.89. The molecule has 0 fully saturated rings. The number of carboxylic acid groups (broad SMARTS) is 1. The molecule has 6 nitrogen and oxygen atoms in total. The van der Waals surface area contributed by atoms with Crippen molar-refractivity contribution in [1.29, 1.82) is 0 Å². The number of hydrogen-bond acceptors (Lipinski definition) is 4. The molecular formula is C14H11N3O3. The van der Waals surface area contributed by atoms with Crippen molar-refractivity contribution in [3.05, 3.63) is 60.2 Å². The Bertz CT molecular complexity index is 734. The molecule has 0 aliphatic carbocycles. The molecule has 100 valence electrons. The number of nitrogens with zero attached hydrogens (tertiary/aromatic N) is 3. The number of benzene rings is 1. The van der Waals surface area contributed by atoms with Crippen molar-refractivity contribution in [2.45, 2.75) is 6.61 Å². The monoisotopic (exact) mass is 269 g/mol. The van der Waals surface area contributed by atoms with Crippen molar-refractivity contribution < 1.29 is 14.6 Å². The van der Waals surface area contributed by atoms with Gasteiger partial charge in [-0.2, -0.15) is 0 Å². The molecule has 0 spiro atoms. The first-order chi connectivity index (χ1) is 9.72. The van der Waals surface area contributed by atoms with E-state index in [1.807, 2.05) is 18.5 Å². The van der Waals surface area contributed by atoms with Crippen molar-refractivity contribution in [1.82, 2.24) is 14.4 Å². The molecule has 20 heavy (non-hydrogen) atoms. The van der Waals surface area contributed by atoms with Gasteiger partial charge >= 0.3 is 5.97 Å². The van der Waals surface area contributed by atoms with E-state index in [1.54, 1.807) is 22.7 Å². The Kier molecular flexibility index (Phi) is 3.04. The summed E-state index contributed by atoms with van der Waals surface area (Å²) in [5.74, 6) is 0.118. The zero-order valence-corrected chi connectivity index (χ0v) is 10.4. The van der Waals surface area contributed by atoms with E-state index < -0.39 is 5.97 Å². The molecule has 2 heterocycles. The summed E-state index contributed by atoms with van der Waals surface area (Å²) >= 11 is 0. The molecule has 0 saturated heterocycles. The van der Waals surface area contributed by atoms with E-state index in [-0.39, 0.29) is 12.2 Å². The number of imidazole rings is 1. The molecule has 1 aromatic carbocycles. The van der Waals surface area contributed by atoms with E-state index in [4.69, 9.17) is 9.84 Å².